The normalized spacial score (nSPS) is 22.5. The van der Waals surface area contributed by atoms with Crippen molar-refractivity contribution in [2.24, 2.45) is 0 Å². The van der Waals surface area contributed by atoms with E-state index in [1.54, 1.807) is 11.3 Å². The molecule has 1 aliphatic heterocycles. The van der Waals surface area contributed by atoms with Gasteiger partial charge in [-0.05, 0) is 5.92 Å². The van der Waals surface area contributed by atoms with Crippen molar-refractivity contribution < 1.29 is 4.74 Å². The van der Waals surface area contributed by atoms with Gasteiger partial charge in [-0.15, -0.1) is 17.8 Å². The third kappa shape index (κ3) is 1.89. The molecule has 1 aromatic rings. The van der Waals surface area contributed by atoms with E-state index in [-0.39, 0.29) is 6.10 Å². The number of ether oxygens (including phenoxy) is 1. The minimum absolute atomic E-state index is 0.0841. The van der Waals surface area contributed by atoms with Crippen molar-refractivity contribution in [2.45, 2.75) is 6.10 Å². The van der Waals surface area contributed by atoms with Gasteiger partial charge in [-0.1, -0.05) is 0 Å². The first kappa shape index (κ1) is 8.70. The van der Waals surface area contributed by atoms with Crippen LogP contribution >= 0.6 is 11.3 Å². The van der Waals surface area contributed by atoms with Crippen LogP contribution in [-0.2, 0) is 4.74 Å². The average molecular weight is 194 g/mol. The summed E-state index contributed by atoms with van der Waals surface area (Å²) in [4.78, 5) is 4.27. The standard InChI is InChI=1S/C9H10N2OS/c1-2-7-6-13-9(11-7)8-5-10-3-4-12-8/h1,6,8,10H,3-5H2. The van der Waals surface area contributed by atoms with E-state index in [1.165, 1.54) is 0 Å². The number of rotatable bonds is 1. The van der Waals surface area contributed by atoms with Gasteiger partial charge in [0.1, 0.15) is 16.8 Å². The van der Waals surface area contributed by atoms with Crippen molar-refractivity contribution in [2.75, 3.05) is 19.7 Å². The Bertz CT molecular complexity index is 323. The molecule has 4 heteroatoms. The lowest BCUT2D eigenvalue weighted by molar-refractivity contribution is 0.0275. The summed E-state index contributed by atoms with van der Waals surface area (Å²) >= 11 is 1.56. The third-order valence-corrected chi connectivity index (χ3v) is 2.81. The second-order valence-electron chi connectivity index (χ2n) is 2.78. The third-order valence-electron chi connectivity index (χ3n) is 1.87. The predicted octanol–water partition coefficient (Wildman–Crippen LogP) is 0.785. The molecule has 1 N–H and O–H groups in total. The van der Waals surface area contributed by atoms with Crippen LogP contribution in [-0.4, -0.2) is 24.7 Å². The van der Waals surface area contributed by atoms with Crippen molar-refractivity contribution in [3.63, 3.8) is 0 Å². The van der Waals surface area contributed by atoms with Gasteiger partial charge in [0.05, 0.1) is 6.61 Å². The second kappa shape index (κ2) is 3.88. The van der Waals surface area contributed by atoms with Gasteiger partial charge >= 0.3 is 0 Å². The van der Waals surface area contributed by atoms with Gasteiger partial charge < -0.3 is 10.1 Å². The molecular weight excluding hydrogens is 184 g/mol. The highest BCUT2D eigenvalue weighted by Crippen LogP contribution is 2.21. The van der Waals surface area contributed by atoms with Crippen LogP contribution in [0.4, 0.5) is 0 Å². The van der Waals surface area contributed by atoms with Gasteiger partial charge in [-0.3, -0.25) is 0 Å². The van der Waals surface area contributed by atoms with E-state index in [0.29, 0.717) is 5.69 Å². The zero-order chi connectivity index (χ0) is 9.10. The highest BCUT2D eigenvalue weighted by atomic mass is 32.1. The molecule has 1 aromatic heterocycles. The fourth-order valence-electron chi connectivity index (χ4n) is 1.23. The number of terminal acetylenes is 1. The Morgan fingerprint density at radius 2 is 2.69 bits per heavy atom. The highest BCUT2D eigenvalue weighted by Gasteiger charge is 2.18. The van der Waals surface area contributed by atoms with Crippen LogP contribution in [0.3, 0.4) is 0 Å². The van der Waals surface area contributed by atoms with Crippen LogP contribution in [0.1, 0.15) is 16.8 Å². The van der Waals surface area contributed by atoms with E-state index < -0.39 is 0 Å². The summed E-state index contributed by atoms with van der Waals surface area (Å²) in [5, 5.41) is 6.11. The lowest BCUT2D eigenvalue weighted by Crippen LogP contribution is -2.33. The summed E-state index contributed by atoms with van der Waals surface area (Å²) < 4.78 is 5.54. The minimum Gasteiger partial charge on any atom is -0.368 e. The molecular formula is C9H10N2OS. The fraction of sp³-hybridized carbons (Fsp3) is 0.444. The van der Waals surface area contributed by atoms with E-state index in [4.69, 9.17) is 11.2 Å². The lowest BCUT2D eigenvalue weighted by Gasteiger charge is -2.21. The maximum Gasteiger partial charge on any atom is 0.124 e. The molecule has 1 unspecified atom stereocenters. The summed E-state index contributed by atoms with van der Waals surface area (Å²) in [6.45, 7) is 2.50. The molecule has 0 spiro atoms. The molecule has 1 aliphatic rings. The maximum atomic E-state index is 5.54. The van der Waals surface area contributed by atoms with Crippen molar-refractivity contribution in [1.82, 2.24) is 10.3 Å². The van der Waals surface area contributed by atoms with Crippen LogP contribution < -0.4 is 5.32 Å². The molecule has 0 saturated carbocycles. The zero-order valence-electron chi connectivity index (χ0n) is 7.12. The molecule has 0 aliphatic carbocycles. The molecule has 0 radical (unpaired) electrons. The molecule has 1 fully saturated rings. The number of nitrogens with zero attached hydrogens (tertiary/aromatic N) is 1. The Labute approximate surface area is 81.1 Å². The Morgan fingerprint density at radius 1 is 1.77 bits per heavy atom. The quantitative estimate of drug-likeness (QED) is 0.671. The van der Waals surface area contributed by atoms with E-state index in [9.17, 15) is 0 Å². The van der Waals surface area contributed by atoms with E-state index in [2.05, 4.69) is 16.2 Å². The lowest BCUT2D eigenvalue weighted by atomic mass is 10.3. The predicted molar refractivity (Wildman–Crippen MR) is 51.6 cm³/mol. The van der Waals surface area contributed by atoms with Crippen LogP contribution in [0.5, 0.6) is 0 Å². The topological polar surface area (TPSA) is 34.1 Å². The summed E-state index contributed by atoms with van der Waals surface area (Å²) in [5.74, 6) is 2.51. The largest absolute Gasteiger partial charge is 0.368 e. The van der Waals surface area contributed by atoms with Crippen molar-refractivity contribution in [3.8, 4) is 12.3 Å². The summed E-state index contributed by atoms with van der Waals surface area (Å²) in [5.41, 5.74) is 0.703. The van der Waals surface area contributed by atoms with E-state index in [0.717, 1.165) is 24.7 Å². The van der Waals surface area contributed by atoms with Crippen LogP contribution in [0, 0.1) is 12.3 Å². The average Bonchev–Trinajstić information content (AvgIpc) is 2.67. The Hall–Kier alpha value is -0.890. The van der Waals surface area contributed by atoms with Gasteiger partial charge in [0.15, 0.2) is 0 Å². The summed E-state index contributed by atoms with van der Waals surface area (Å²) in [6.07, 6.45) is 5.31. The molecule has 13 heavy (non-hydrogen) atoms. The Morgan fingerprint density at radius 3 is 3.31 bits per heavy atom. The number of nitrogens with one attached hydrogen (secondary N) is 1. The van der Waals surface area contributed by atoms with Gasteiger partial charge in [0.25, 0.3) is 0 Å². The summed E-state index contributed by atoms with van der Waals surface area (Å²) in [7, 11) is 0. The van der Waals surface area contributed by atoms with Crippen molar-refractivity contribution in [1.29, 1.82) is 0 Å². The molecule has 0 aromatic carbocycles. The molecule has 3 nitrogen and oxygen atoms in total. The van der Waals surface area contributed by atoms with Gasteiger partial charge in [0, 0.05) is 18.5 Å². The first-order valence-corrected chi connectivity index (χ1v) is 5.02. The Balaban J connectivity index is 2.11. The highest BCUT2D eigenvalue weighted by molar-refractivity contribution is 7.09. The number of hydrogen-bond acceptors (Lipinski definition) is 4. The smallest absolute Gasteiger partial charge is 0.124 e. The fourth-order valence-corrected chi connectivity index (χ4v) is 2.03. The van der Waals surface area contributed by atoms with Crippen LogP contribution in [0.25, 0.3) is 0 Å². The van der Waals surface area contributed by atoms with Crippen LogP contribution in [0.15, 0.2) is 5.38 Å². The summed E-state index contributed by atoms with van der Waals surface area (Å²) in [6, 6.07) is 0. The van der Waals surface area contributed by atoms with Crippen LogP contribution in [0.2, 0.25) is 0 Å². The van der Waals surface area contributed by atoms with Gasteiger partial charge in [0.2, 0.25) is 0 Å². The van der Waals surface area contributed by atoms with Gasteiger partial charge in [-0.2, -0.15) is 0 Å². The molecule has 2 heterocycles. The van der Waals surface area contributed by atoms with Crippen molar-refractivity contribution >= 4 is 11.3 Å². The van der Waals surface area contributed by atoms with Gasteiger partial charge in [-0.25, -0.2) is 4.98 Å². The first-order valence-electron chi connectivity index (χ1n) is 4.14. The monoisotopic (exact) mass is 194 g/mol. The molecule has 1 atom stereocenters. The number of aromatic nitrogens is 1. The molecule has 68 valence electrons. The zero-order valence-corrected chi connectivity index (χ0v) is 7.93. The molecule has 0 bridgehead atoms. The van der Waals surface area contributed by atoms with E-state index in [1.807, 2.05) is 5.38 Å². The second-order valence-corrected chi connectivity index (χ2v) is 3.67. The SMILES string of the molecule is C#Cc1csc(C2CNCCO2)n1. The Kier molecular flexibility index (Phi) is 2.60. The number of hydrogen-bond donors (Lipinski definition) is 1. The first-order chi connectivity index (χ1) is 6.40. The molecule has 1 saturated heterocycles. The van der Waals surface area contributed by atoms with Crippen molar-refractivity contribution in [3.05, 3.63) is 16.1 Å². The molecule has 2 rings (SSSR count). The minimum atomic E-state index is 0.0841. The number of thiazole rings is 1. The number of morpholine rings is 1. The maximum absolute atomic E-state index is 5.54. The molecule has 0 amide bonds. The van der Waals surface area contributed by atoms with E-state index >= 15 is 0 Å².